The van der Waals surface area contributed by atoms with Crippen LogP contribution in [0.25, 0.3) is 11.6 Å². The Balaban J connectivity index is 1.64. The van der Waals surface area contributed by atoms with Crippen LogP contribution in [0.5, 0.6) is 11.5 Å². The predicted octanol–water partition coefficient (Wildman–Crippen LogP) is 3.63. The number of ether oxygens (including phenoxy) is 1. The van der Waals surface area contributed by atoms with Crippen LogP contribution in [-0.2, 0) is 16.0 Å². The van der Waals surface area contributed by atoms with Crippen molar-refractivity contribution in [1.29, 1.82) is 0 Å². The van der Waals surface area contributed by atoms with Gasteiger partial charge in [0.15, 0.2) is 0 Å². The number of imide groups is 1. The number of nitrogens with one attached hydrogen (secondary N) is 1. The van der Waals surface area contributed by atoms with Gasteiger partial charge in [-0.3, -0.25) is 15.1 Å². The number of pyridine rings is 1. The first-order valence-corrected chi connectivity index (χ1v) is 9.72. The molecule has 32 heavy (non-hydrogen) atoms. The number of rotatable bonds is 8. The number of carboxylic acid groups (broad SMARTS) is 1. The Kier molecular flexibility index (Phi) is 7.32. The minimum atomic E-state index is -1.04. The molecule has 0 saturated carbocycles. The fraction of sp³-hybridized carbons (Fsp3) is 0.0833. The van der Waals surface area contributed by atoms with Crippen LogP contribution in [0.3, 0.4) is 0 Å². The molecule has 0 bridgehead atoms. The Morgan fingerprint density at radius 3 is 2.22 bits per heavy atom. The summed E-state index contributed by atoms with van der Waals surface area (Å²) in [6.07, 6.45) is 5.37. The first-order chi connectivity index (χ1) is 15.4. The number of hydrogen-bond donors (Lipinski definition) is 3. The van der Waals surface area contributed by atoms with E-state index in [9.17, 15) is 19.5 Å². The summed E-state index contributed by atoms with van der Waals surface area (Å²) in [7, 11) is 0. The molecule has 0 aliphatic rings. The highest BCUT2D eigenvalue weighted by Crippen LogP contribution is 2.25. The van der Waals surface area contributed by atoms with Crippen molar-refractivity contribution in [3.05, 3.63) is 89.7 Å². The van der Waals surface area contributed by atoms with Crippen LogP contribution >= 0.6 is 0 Å². The molecule has 0 fully saturated rings. The molecule has 0 spiro atoms. The molecule has 0 saturated heterocycles. The van der Waals surface area contributed by atoms with Gasteiger partial charge in [0.1, 0.15) is 11.5 Å². The maximum atomic E-state index is 11.7. The average molecular weight is 431 g/mol. The number of aryl methyl sites for hydroxylation is 1. The Morgan fingerprint density at radius 2 is 1.66 bits per heavy atom. The van der Waals surface area contributed by atoms with Crippen molar-refractivity contribution in [2.45, 2.75) is 12.8 Å². The number of urea groups is 1. The van der Waals surface area contributed by atoms with E-state index in [4.69, 9.17) is 10.5 Å². The van der Waals surface area contributed by atoms with Crippen LogP contribution in [0.4, 0.5) is 4.79 Å². The van der Waals surface area contributed by atoms with Gasteiger partial charge in [0, 0.05) is 18.8 Å². The van der Waals surface area contributed by atoms with E-state index >= 15 is 0 Å². The number of carbonyl (C=O) groups excluding carboxylic acids is 2. The van der Waals surface area contributed by atoms with Crippen molar-refractivity contribution in [3.8, 4) is 11.5 Å². The molecule has 3 amide bonds. The average Bonchev–Trinajstić information content (AvgIpc) is 2.78. The third-order valence-corrected chi connectivity index (χ3v) is 4.45. The Hall–Kier alpha value is -4.46. The number of carbonyl (C=O) groups is 3. The highest BCUT2D eigenvalue weighted by Gasteiger charge is 2.11. The van der Waals surface area contributed by atoms with Crippen molar-refractivity contribution in [1.82, 2.24) is 10.3 Å². The maximum Gasteiger partial charge on any atom is 0.336 e. The van der Waals surface area contributed by atoms with Gasteiger partial charge in [0.05, 0.1) is 5.57 Å². The summed E-state index contributed by atoms with van der Waals surface area (Å²) in [6.45, 7) is 0. The number of nitrogens with two attached hydrogens (primary N) is 1. The summed E-state index contributed by atoms with van der Waals surface area (Å²) < 4.78 is 5.81. The molecule has 0 atom stereocenters. The molecule has 0 aliphatic heterocycles. The monoisotopic (exact) mass is 431 g/mol. The quantitative estimate of drug-likeness (QED) is 0.467. The first kappa shape index (κ1) is 22.2. The molecule has 8 heteroatoms. The van der Waals surface area contributed by atoms with Gasteiger partial charge in [0.2, 0.25) is 5.91 Å². The van der Waals surface area contributed by atoms with E-state index in [1.165, 1.54) is 0 Å². The molecule has 1 heterocycles. The van der Waals surface area contributed by atoms with Crippen LogP contribution in [0.15, 0.2) is 73.1 Å². The topological polar surface area (TPSA) is 132 Å². The number of amides is 3. The standard InChI is InChI=1S/C24H21N3O5/c25-24(31)27-22(28)12-5-16-3-8-19(9-4-16)32-20-10-6-18(7-11-20)21(23(29)30)14-17-2-1-13-26-15-17/h1-4,6-11,13-15H,5,12H2,(H,29,30)(H3,25,27,28,31)/b21-14+. The first-order valence-electron chi connectivity index (χ1n) is 9.72. The van der Waals surface area contributed by atoms with Crippen molar-refractivity contribution >= 4 is 29.6 Å². The molecule has 4 N–H and O–H groups in total. The number of aromatic nitrogens is 1. The SMILES string of the molecule is NC(=O)NC(=O)CCc1ccc(Oc2ccc(/C(=C\c3cccnc3)C(=O)O)cc2)cc1. The number of primary amides is 1. The van der Waals surface area contributed by atoms with Gasteiger partial charge in [-0.25, -0.2) is 9.59 Å². The van der Waals surface area contributed by atoms with Gasteiger partial charge in [-0.05, 0) is 59.5 Å². The molecule has 8 nitrogen and oxygen atoms in total. The fourth-order valence-corrected chi connectivity index (χ4v) is 2.92. The Morgan fingerprint density at radius 1 is 1.00 bits per heavy atom. The van der Waals surface area contributed by atoms with Crippen molar-refractivity contribution in [2.24, 2.45) is 5.73 Å². The summed E-state index contributed by atoms with van der Waals surface area (Å²) in [5.74, 6) is -0.334. The second-order valence-electron chi connectivity index (χ2n) is 6.83. The second-order valence-corrected chi connectivity index (χ2v) is 6.83. The van der Waals surface area contributed by atoms with Gasteiger partial charge in [0.25, 0.3) is 0 Å². The summed E-state index contributed by atoms with van der Waals surface area (Å²) in [4.78, 5) is 37.8. The van der Waals surface area contributed by atoms with Crippen molar-refractivity contribution < 1.29 is 24.2 Å². The normalized spacial score (nSPS) is 10.9. The van der Waals surface area contributed by atoms with E-state index in [-0.39, 0.29) is 12.0 Å². The molecular weight excluding hydrogens is 410 g/mol. The molecule has 3 aromatic rings. The van der Waals surface area contributed by atoms with Gasteiger partial charge < -0.3 is 15.6 Å². The Labute approximate surface area is 184 Å². The number of benzene rings is 2. The lowest BCUT2D eigenvalue weighted by Crippen LogP contribution is -2.35. The third kappa shape index (κ3) is 6.53. The van der Waals surface area contributed by atoms with Crippen molar-refractivity contribution in [2.75, 3.05) is 0 Å². The van der Waals surface area contributed by atoms with Crippen LogP contribution < -0.4 is 15.8 Å². The smallest absolute Gasteiger partial charge is 0.336 e. The van der Waals surface area contributed by atoms with Crippen molar-refractivity contribution in [3.63, 3.8) is 0 Å². The van der Waals surface area contributed by atoms with Crippen LogP contribution in [0, 0.1) is 0 Å². The number of nitrogens with zero attached hydrogens (tertiary/aromatic N) is 1. The highest BCUT2D eigenvalue weighted by molar-refractivity contribution is 6.20. The van der Waals surface area contributed by atoms with Crippen LogP contribution in [0.2, 0.25) is 0 Å². The van der Waals surface area contributed by atoms with E-state index in [1.54, 1.807) is 67.0 Å². The summed E-state index contributed by atoms with van der Waals surface area (Å²) in [5, 5.41) is 11.6. The van der Waals surface area contributed by atoms with Crippen LogP contribution in [0.1, 0.15) is 23.1 Å². The molecule has 0 unspecified atom stereocenters. The van der Waals surface area contributed by atoms with Gasteiger partial charge in [-0.15, -0.1) is 0 Å². The number of aliphatic carboxylic acids is 1. The highest BCUT2D eigenvalue weighted by atomic mass is 16.5. The summed E-state index contributed by atoms with van der Waals surface area (Å²) >= 11 is 0. The van der Waals surface area contributed by atoms with E-state index in [2.05, 4.69) is 4.98 Å². The van der Waals surface area contributed by atoms with E-state index < -0.39 is 17.9 Å². The summed E-state index contributed by atoms with van der Waals surface area (Å²) in [6, 6.07) is 16.6. The Bertz CT molecular complexity index is 1120. The number of carboxylic acids is 1. The third-order valence-electron chi connectivity index (χ3n) is 4.45. The summed E-state index contributed by atoms with van der Waals surface area (Å²) in [5.41, 5.74) is 7.19. The van der Waals surface area contributed by atoms with Gasteiger partial charge in [-0.1, -0.05) is 30.3 Å². The molecule has 2 aromatic carbocycles. The number of hydrogen-bond acceptors (Lipinski definition) is 5. The largest absolute Gasteiger partial charge is 0.478 e. The molecule has 0 aliphatic carbocycles. The molecule has 0 radical (unpaired) electrons. The fourth-order valence-electron chi connectivity index (χ4n) is 2.92. The predicted molar refractivity (Wildman–Crippen MR) is 119 cm³/mol. The molecular formula is C24H21N3O5. The van der Waals surface area contributed by atoms with Crippen LogP contribution in [-0.4, -0.2) is 28.0 Å². The maximum absolute atomic E-state index is 11.7. The van der Waals surface area contributed by atoms with E-state index in [0.717, 1.165) is 5.56 Å². The minimum Gasteiger partial charge on any atom is -0.478 e. The van der Waals surface area contributed by atoms with Gasteiger partial charge >= 0.3 is 12.0 Å². The van der Waals surface area contributed by atoms with E-state index in [1.807, 2.05) is 17.4 Å². The van der Waals surface area contributed by atoms with Gasteiger partial charge in [-0.2, -0.15) is 0 Å². The lowest BCUT2D eigenvalue weighted by atomic mass is 10.0. The van der Waals surface area contributed by atoms with E-state index in [0.29, 0.717) is 29.0 Å². The lowest BCUT2D eigenvalue weighted by molar-refractivity contribution is -0.130. The zero-order chi connectivity index (χ0) is 22.9. The molecule has 1 aromatic heterocycles. The molecule has 3 rings (SSSR count). The second kappa shape index (κ2) is 10.5. The molecule has 162 valence electrons. The zero-order valence-electron chi connectivity index (χ0n) is 17.0. The zero-order valence-corrected chi connectivity index (χ0v) is 17.0. The minimum absolute atomic E-state index is 0.142. The lowest BCUT2D eigenvalue weighted by Gasteiger charge is -2.09.